The molecule has 1 unspecified atom stereocenters. The Hall–Kier alpha value is -1.62. The number of aromatic nitrogens is 1. The maximum atomic E-state index is 12.2. The SMILES string of the molecule is CCCNC1CCN(Cc2ccnc(OC)c2)C1=O. The molecular weight excluding hydrogens is 242 g/mol. The molecule has 1 atom stereocenters. The lowest BCUT2D eigenvalue weighted by Crippen LogP contribution is -2.38. The van der Waals surface area contributed by atoms with Crippen molar-refractivity contribution in [2.45, 2.75) is 32.4 Å². The molecule has 1 saturated heterocycles. The van der Waals surface area contributed by atoms with Gasteiger partial charge < -0.3 is 15.0 Å². The van der Waals surface area contributed by atoms with E-state index in [1.807, 2.05) is 17.0 Å². The highest BCUT2D eigenvalue weighted by Gasteiger charge is 2.30. The average molecular weight is 263 g/mol. The van der Waals surface area contributed by atoms with Crippen molar-refractivity contribution in [2.75, 3.05) is 20.2 Å². The molecule has 1 fully saturated rings. The number of nitrogens with zero attached hydrogens (tertiary/aromatic N) is 2. The fourth-order valence-corrected chi connectivity index (χ4v) is 2.28. The second kappa shape index (κ2) is 6.52. The van der Waals surface area contributed by atoms with Crippen molar-refractivity contribution in [3.05, 3.63) is 23.9 Å². The molecule has 5 heteroatoms. The van der Waals surface area contributed by atoms with Gasteiger partial charge in [0.25, 0.3) is 0 Å². The van der Waals surface area contributed by atoms with Gasteiger partial charge in [-0.1, -0.05) is 6.92 Å². The van der Waals surface area contributed by atoms with Crippen molar-refractivity contribution < 1.29 is 9.53 Å². The molecule has 0 spiro atoms. The topological polar surface area (TPSA) is 54.5 Å². The van der Waals surface area contributed by atoms with Crippen molar-refractivity contribution in [3.8, 4) is 5.88 Å². The van der Waals surface area contributed by atoms with Gasteiger partial charge in [0.05, 0.1) is 13.2 Å². The van der Waals surface area contributed by atoms with Crippen LogP contribution < -0.4 is 10.1 Å². The summed E-state index contributed by atoms with van der Waals surface area (Å²) in [5, 5.41) is 3.29. The van der Waals surface area contributed by atoms with E-state index in [1.165, 1.54) is 0 Å². The van der Waals surface area contributed by atoms with Crippen LogP contribution in [0, 0.1) is 0 Å². The van der Waals surface area contributed by atoms with Gasteiger partial charge in [0.1, 0.15) is 0 Å². The van der Waals surface area contributed by atoms with E-state index in [4.69, 9.17) is 4.74 Å². The van der Waals surface area contributed by atoms with E-state index in [-0.39, 0.29) is 11.9 Å². The van der Waals surface area contributed by atoms with E-state index in [9.17, 15) is 4.79 Å². The molecule has 0 bridgehead atoms. The summed E-state index contributed by atoms with van der Waals surface area (Å²) < 4.78 is 5.09. The van der Waals surface area contributed by atoms with Gasteiger partial charge in [-0.15, -0.1) is 0 Å². The number of nitrogens with one attached hydrogen (secondary N) is 1. The van der Waals surface area contributed by atoms with E-state index in [0.29, 0.717) is 12.4 Å². The Morgan fingerprint density at radius 1 is 1.58 bits per heavy atom. The first-order valence-electron chi connectivity index (χ1n) is 6.75. The minimum atomic E-state index is -0.0105. The highest BCUT2D eigenvalue weighted by atomic mass is 16.5. The fourth-order valence-electron chi connectivity index (χ4n) is 2.28. The number of methoxy groups -OCH3 is 1. The van der Waals surface area contributed by atoms with Crippen LogP contribution >= 0.6 is 0 Å². The molecule has 1 aliphatic heterocycles. The molecule has 5 nitrogen and oxygen atoms in total. The Morgan fingerprint density at radius 3 is 3.16 bits per heavy atom. The maximum Gasteiger partial charge on any atom is 0.240 e. The minimum Gasteiger partial charge on any atom is -0.481 e. The summed E-state index contributed by atoms with van der Waals surface area (Å²) >= 11 is 0. The molecule has 19 heavy (non-hydrogen) atoms. The summed E-state index contributed by atoms with van der Waals surface area (Å²) in [6.45, 7) is 4.44. The van der Waals surface area contributed by atoms with E-state index in [0.717, 1.165) is 31.5 Å². The summed E-state index contributed by atoms with van der Waals surface area (Å²) in [6, 6.07) is 3.78. The summed E-state index contributed by atoms with van der Waals surface area (Å²) in [4.78, 5) is 18.1. The largest absolute Gasteiger partial charge is 0.481 e. The summed E-state index contributed by atoms with van der Waals surface area (Å²) in [5.41, 5.74) is 1.05. The lowest BCUT2D eigenvalue weighted by molar-refractivity contribution is -0.129. The minimum absolute atomic E-state index is 0.0105. The molecule has 0 radical (unpaired) electrons. The highest BCUT2D eigenvalue weighted by Crippen LogP contribution is 2.17. The summed E-state index contributed by atoms with van der Waals surface area (Å²) in [6.07, 6.45) is 3.65. The Labute approximate surface area is 114 Å². The number of carbonyl (C=O) groups excluding carboxylic acids is 1. The molecule has 0 saturated carbocycles. The van der Waals surface area contributed by atoms with Gasteiger partial charge in [0, 0.05) is 25.4 Å². The normalized spacial score (nSPS) is 18.9. The number of hydrogen-bond donors (Lipinski definition) is 1. The summed E-state index contributed by atoms with van der Waals surface area (Å²) in [5.74, 6) is 0.786. The maximum absolute atomic E-state index is 12.2. The van der Waals surface area contributed by atoms with Crippen LogP contribution in [0.25, 0.3) is 0 Å². The number of carbonyl (C=O) groups is 1. The number of rotatable bonds is 6. The van der Waals surface area contributed by atoms with Gasteiger partial charge in [0.2, 0.25) is 11.8 Å². The van der Waals surface area contributed by atoms with Crippen LogP contribution in [-0.2, 0) is 11.3 Å². The Morgan fingerprint density at radius 2 is 2.42 bits per heavy atom. The zero-order valence-electron chi connectivity index (χ0n) is 11.6. The molecule has 2 heterocycles. The Kier molecular flexibility index (Phi) is 4.74. The lowest BCUT2D eigenvalue weighted by atomic mass is 10.2. The summed E-state index contributed by atoms with van der Waals surface area (Å²) in [7, 11) is 1.60. The van der Waals surface area contributed by atoms with Gasteiger partial charge in [-0.25, -0.2) is 4.98 Å². The molecule has 1 aromatic rings. The number of hydrogen-bond acceptors (Lipinski definition) is 4. The number of ether oxygens (including phenoxy) is 1. The van der Waals surface area contributed by atoms with Crippen molar-refractivity contribution in [2.24, 2.45) is 0 Å². The number of pyridine rings is 1. The van der Waals surface area contributed by atoms with E-state index < -0.39 is 0 Å². The first kappa shape index (κ1) is 13.8. The highest BCUT2D eigenvalue weighted by molar-refractivity contribution is 5.83. The van der Waals surface area contributed by atoms with Gasteiger partial charge in [-0.3, -0.25) is 4.79 Å². The zero-order valence-corrected chi connectivity index (χ0v) is 11.6. The van der Waals surface area contributed by atoms with E-state index in [2.05, 4.69) is 17.2 Å². The van der Waals surface area contributed by atoms with E-state index in [1.54, 1.807) is 13.3 Å². The molecule has 104 valence electrons. The molecule has 0 aliphatic carbocycles. The third-order valence-electron chi connectivity index (χ3n) is 3.32. The predicted octanol–water partition coefficient (Wildman–Crippen LogP) is 1.19. The third kappa shape index (κ3) is 3.44. The molecule has 0 aromatic carbocycles. The van der Waals surface area contributed by atoms with Crippen molar-refractivity contribution >= 4 is 5.91 Å². The van der Waals surface area contributed by atoms with Gasteiger partial charge in [-0.05, 0) is 31.0 Å². The smallest absolute Gasteiger partial charge is 0.240 e. The first-order valence-corrected chi connectivity index (χ1v) is 6.75. The Bertz CT molecular complexity index is 436. The van der Waals surface area contributed by atoms with Gasteiger partial charge >= 0.3 is 0 Å². The fraction of sp³-hybridized carbons (Fsp3) is 0.571. The second-order valence-electron chi connectivity index (χ2n) is 4.76. The molecule has 1 N–H and O–H groups in total. The first-order chi connectivity index (χ1) is 9.24. The van der Waals surface area contributed by atoms with Gasteiger partial charge in [-0.2, -0.15) is 0 Å². The van der Waals surface area contributed by atoms with Crippen molar-refractivity contribution in [1.82, 2.24) is 15.2 Å². The van der Waals surface area contributed by atoms with E-state index >= 15 is 0 Å². The third-order valence-corrected chi connectivity index (χ3v) is 3.32. The second-order valence-corrected chi connectivity index (χ2v) is 4.76. The van der Waals surface area contributed by atoms with Crippen LogP contribution in [0.1, 0.15) is 25.3 Å². The quantitative estimate of drug-likeness (QED) is 0.837. The van der Waals surface area contributed by atoms with Crippen LogP contribution in [-0.4, -0.2) is 42.0 Å². The van der Waals surface area contributed by atoms with Crippen LogP contribution in [0.15, 0.2) is 18.3 Å². The number of amides is 1. The predicted molar refractivity (Wildman–Crippen MR) is 72.9 cm³/mol. The number of likely N-dealkylation sites (tertiary alicyclic amines) is 1. The van der Waals surface area contributed by atoms with Crippen molar-refractivity contribution in [1.29, 1.82) is 0 Å². The van der Waals surface area contributed by atoms with Crippen LogP contribution in [0.4, 0.5) is 0 Å². The van der Waals surface area contributed by atoms with Crippen LogP contribution in [0.2, 0.25) is 0 Å². The zero-order chi connectivity index (χ0) is 13.7. The van der Waals surface area contributed by atoms with Crippen LogP contribution in [0.3, 0.4) is 0 Å². The molecule has 1 aliphatic rings. The molecular formula is C14H21N3O2. The van der Waals surface area contributed by atoms with Crippen molar-refractivity contribution in [3.63, 3.8) is 0 Å². The Balaban J connectivity index is 1.94. The lowest BCUT2D eigenvalue weighted by Gasteiger charge is -2.17. The molecule has 2 rings (SSSR count). The van der Waals surface area contributed by atoms with Gasteiger partial charge in [0.15, 0.2) is 0 Å². The monoisotopic (exact) mass is 263 g/mol. The molecule has 1 amide bonds. The van der Waals surface area contributed by atoms with Crippen LogP contribution in [0.5, 0.6) is 5.88 Å². The average Bonchev–Trinajstić information content (AvgIpc) is 2.78. The molecule has 1 aromatic heterocycles. The standard InChI is InChI=1S/C14H21N3O2/c1-3-6-15-12-5-8-17(14(12)18)10-11-4-7-16-13(9-11)19-2/h4,7,9,12,15H,3,5-6,8,10H2,1-2H3.